The number of rotatable bonds is 6. The van der Waals surface area contributed by atoms with E-state index in [0.29, 0.717) is 0 Å². The summed E-state index contributed by atoms with van der Waals surface area (Å²) in [6, 6.07) is -0.286. The van der Waals surface area contributed by atoms with Gasteiger partial charge in [0.25, 0.3) is 16.6 Å². The van der Waals surface area contributed by atoms with Crippen molar-refractivity contribution in [2.45, 2.75) is 32.4 Å². The van der Waals surface area contributed by atoms with Crippen LogP contribution >= 0.6 is 0 Å². The maximum absolute atomic E-state index is 11.9. The minimum atomic E-state index is -3.80. The van der Waals surface area contributed by atoms with E-state index >= 15 is 0 Å². The molecule has 0 bridgehead atoms. The molecule has 15 heavy (non-hydrogen) atoms. The molecule has 0 saturated carbocycles. The molecule has 2 N–H and O–H groups in total. The SMILES string of the molecule is CC(C)N(C)S(=O)(=O)NCC(O)C(F)F. The van der Waals surface area contributed by atoms with Crippen LogP contribution < -0.4 is 4.72 Å². The average Bonchev–Trinajstić information content (AvgIpc) is 2.12. The number of aliphatic hydroxyl groups is 1. The number of aliphatic hydroxyl groups excluding tert-OH is 1. The normalized spacial score (nSPS) is 15.3. The first-order chi connectivity index (χ1) is 6.68. The van der Waals surface area contributed by atoms with E-state index in [4.69, 9.17) is 5.11 Å². The van der Waals surface area contributed by atoms with Gasteiger partial charge in [0.15, 0.2) is 0 Å². The van der Waals surface area contributed by atoms with Crippen LogP contribution in [0.25, 0.3) is 0 Å². The molecule has 0 radical (unpaired) electrons. The molecule has 0 aromatic carbocycles. The van der Waals surface area contributed by atoms with Gasteiger partial charge in [-0.05, 0) is 13.8 Å². The van der Waals surface area contributed by atoms with Gasteiger partial charge in [0.1, 0.15) is 6.10 Å². The van der Waals surface area contributed by atoms with Crippen molar-refractivity contribution in [2.75, 3.05) is 13.6 Å². The zero-order valence-corrected chi connectivity index (χ0v) is 9.63. The highest BCUT2D eigenvalue weighted by Crippen LogP contribution is 2.03. The van der Waals surface area contributed by atoms with Crippen LogP contribution in [-0.2, 0) is 10.2 Å². The summed E-state index contributed by atoms with van der Waals surface area (Å²) in [5.41, 5.74) is 0. The highest BCUT2D eigenvalue weighted by atomic mass is 32.2. The third kappa shape index (κ3) is 4.83. The van der Waals surface area contributed by atoms with Crippen LogP contribution in [0.3, 0.4) is 0 Å². The second-order valence-corrected chi connectivity index (χ2v) is 5.18. The Bertz CT molecular complexity index is 282. The highest BCUT2D eigenvalue weighted by Gasteiger charge is 2.23. The smallest absolute Gasteiger partial charge is 0.279 e. The van der Waals surface area contributed by atoms with Crippen LogP contribution in [0.1, 0.15) is 13.8 Å². The Labute approximate surface area is 88.3 Å². The van der Waals surface area contributed by atoms with Crippen molar-refractivity contribution in [3.63, 3.8) is 0 Å². The van der Waals surface area contributed by atoms with Crippen molar-refractivity contribution >= 4 is 10.2 Å². The lowest BCUT2D eigenvalue weighted by Gasteiger charge is -2.22. The standard InChI is InChI=1S/C7H16F2N2O3S/c1-5(2)11(3)15(13,14)10-4-6(12)7(8)9/h5-7,10,12H,4H2,1-3H3. The lowest BCUT2D eigenvalue weighted by atomic mass is 10.4. The minimum Gasteiger partial charge on any atom is -0.386 e. The average molecular weight is 246 g/mol. The van der Waals surface area contributed by atoms with E-state index in [9.17, 15) is 17.2 Å². The van der Waals surface area contributed by atoms with E-state index in [-0.39, 0.29) is 6.04 Å². The van der Waals surface area contributed by atoms with Gasteiger partial charge in [-0.2, -0.15) is 17.4 Å². The van der Waals surface area contributed by atoms with Crippen molar-refractivity contribution in [1.29, 1.82) is 0 Å². The van der Waals surface area contributed by atoms with Crippen molar-refractivity contribution in [1.82, 2.24) is 9.03 Å². The molecule has 0 rings (SSSR count). The molecule has 0 heterocycles. The minimum absolute atomic E-state index is 0.286. The fraction of sp³-hybridized carbons (Fsp3) is 1.00. The molecule has 1 atom stereocenters. The van der Waals surface area contributed by atoms with Gasteiger partial charge in [-0.3, -0.25) is 0 Å². The zero-order chi connectivity index (χ0) is 12.2. The van der Waals surface area contributed by atoms with Crippen molar-refractivity contribution < 1.29 is 22.3 Å². The number of hydrogen-bond donors (Lipinski definition) is 2. The largest absolute Gasteiger partial charge is 0.386 e. The van der Waals surface area contributed by atoms with E-state index in [1.165, 1.54) is 7.05 Å². The summed E-state index contributed by atoms with van der Waals surface area (Å²) in [5.74, 6) is 0. The summed E-state index contributed by atoms with van der Waals surface area (Å²) in [6.07, 6.45) is -4.95. The molecule has 92 valence electrons. The number of halogens is 2. The summed E-state index contributed by atoms with van der Waals surface area (Å²) >= 11 is 0. The molecule has 0 aliphatic carbocycles. The molecule has 0 aliphatic heterocycles. The molecule has 8 heteroatoms. The first kappa shape index (κ1) is 14.7. The van der Waals surface area contributed by atoms with Crippen molar-refractivity contribution in [3.8, 4) is 0 Å². The Balaban J connectivity index is 4.29. The number of nitrogens with zero attached hydrogens (tertiary/aromatic N) is 1. The second-order valence-electron chi connectivity index (χ2n) is 3.37. The number of nitrogens with one attached hydrogen (secondary N) is 1. The molecule has 0 amide bonds. The van der Waals surface area contributed by atoms with Crippen LogP contribution in [0.4, 0.5) is 8.78 Å². The molecular weight excluding hydrogens is 230 g/mol. The summed E-state index contributed by atoms with van der Waals surface area (Å²) in [7, 11) is -2.48. The van der Waals surface area contributed by atoms with E-state index in [2.05, 4.69) is 0 Å². The quantitative estimate of drug-likeness (QED) is 0.681. The lowest BCUT2D eigenvalue weighted by molar-refractivity contribution is -0.000629. The summed E-state index contributed by atoms with van der Waals surface area (Å²) in [4.78, 5) is 0. The van der Waals surface area contributed by atoms with Crippen LogP contribution in [0, 0.1) is 0 Å². The zero-order valence-electron chi connectivity index (χ0n) is 8.81. The van der Waals surface area contributed by atoms with E-state index < -0.39 is 29.3 Å². The maximum atomic E-state index is 11.9. The molecule has 0 aromatic rings. The van der Waals surface area contributed by atoms with Crippen LogP contribution in [0.5, 0.6) is 0 Å². The van der Waals surface area contributed by atoms with E-state index in [0.717, 1.165) is 4.31 Å². The van der Waals surface area contributed by atoms with Gasteiger partial charge in [-0.25, -0.2) is 8.78 Å². The highest BCUT2D eigenvalue weighted by molar-refractivity contribution is 7.87. The van der Waals surface area contributed by atoms with Crippen molar-refractivity contribution in [2.24, 2.45) is 0 Å². The monoisotopic (exact) mass is 246 g/mol. The number of hydrogen-bond acceptors (Lipinski definition) is 3. The Morgan fingerprint density at radius 3 is 2.20 bits per heavy atom. The molecule has 0 aliphatic rings. The maximum Gasteiger partial charge on any atom is 0.279 e. The molecule has 0 spiro atoms. The molecule has 0 fully saturated rings. The van der Waals surface area contributed by atoms with Gasteiger partial charge < -0.3 is 5.11 Å². The topological polar surface area (TPSA) is 69.6 Å². The third-order valence-electron chi connectivity index (χ3n) is 1.87. The van der Waals surface area contributed by atoms with Crippen LogP contribution in [0.2, 0.25) is 0 Å². The van der Waals surface area contributed by atoms with Gasteiger partial charge in [-0.1, -0.05) is 0 Å². The number of alkyl halides is 2. The predicted octanol–water partition coefficient (Wildman–Crippen LogP) is -0.213. The lowest BCUT2D eigenvalue weighted by Crippen LogP contribution is -2.45. The Kier molecular flexibility index (Phi) is 5.57. The fourth-order valence-corrected chi connectivity index (χ4v) is 1.80. The van der Waals surface area contributed by atoms with Gasteiger partial charge in [0.05, 0.1) is 0 Å². The summed E-state index contributed by atoms with van der Waals surface area (Å²) in [6.45, 7) is 2.59. The molecular formula is C7H16F2N2O3S. The van der Waals surface area contributed by atoms with E-state index in [1.54, 1.807) is 13.8 Å². The summed E-state index contributed by atoms with van der Waals surface area (Å²) < 4.78 is 49.3. The van der Waals surface area contributed by atoms with Gasteiger partial charge >= 0.3 is 0 Å². The molecule has 0 saturated heterocycles. The molecule has 5 nitrogen and oxygen atoms in total. The van der Waals surface area contributed by atoms with Gasteiger partial charge in [0.2, 0.25) is 0 Å². The van der Waals surface area contributed by atoms with Gasteiger partial charge in [-0.15, -0.1) is 0 Å². The Hall–Kier alpha value is -0.310. The first-order valence-corrected chi connectivity index (χ1v) is 5.81. The van der Waals surface area contributed by atoms with Crippen molar-refractivity contribution in [3.05, 3.63) is 0 Å². The Morgan fingerprint density at radius 1 is 1.40 bits per heavy atom. The van der Waals surface area contributed by atoms with E-state index in [1.807, 2.05) is 4.72 Å². The predicted molar refractivity (Wildman–Crippen MR) is 51.8 cm³/mol. The second kappa shape index (κ2) is 5.69. The first-order valence-electron chi connectivity index (χ1n) is 4.37. The van der Waals surface area contributed by atoms with Crippen LogP contribution in [0.15, 0.2) is 0 Å². The molecule has 0 aromatic heterocycles. The Morgan fingerprint density at radius 2 is 1.87 bits per heavy atom. The van der Waals surface area contributed by atoms with Crippen LogP contribution in [-0.4, -0.2) is 50.0 Å². The third-order valence-corrected chi connectivity index (χ3v) is 3.58. The fourth-order valence-electron chi connectivity index (χ4n) is 0.659. The van der Waals surface area contributed by atoms with Gasteiger partial charge in [0, 0.05) is 19.6 Å². The summed E-state index contributed by atoms with van der Waals surface area (Å²) in [5, 5.41) is 8.71. The molecule has 1 unspecified atom stereocenters.